The highest BCUT2D eigenvalue weighted by Gasteiger charge is 2.32. The zero-order valence-electron chi connectivity index (χ0n) is 12.5. The van der Waals surface area contributed by atoms with E-state index in [1.54, 1.807) is 23.0 Å². The van der Waals surface area contributed by atoms with Gasteiger partial charge >= 0.3 is 6.18 Å². The fraction of sp³-hybridized carbons (Fsp3) is 0.250. The van der Waals surface area contributed by atoms with Crippen molar-refractivity contribution in [2.24, 2.45) is 0 Å². The second kappa shape index (κ2) is 6.68. The summed E-state index contributed by atoms with van der Waals surface area (Å²) in [4.78, 5) is 12.9. The second-order valence-electron chi connectivity index (χ2n) is 5.02. The van der Waals surface area contributed by atoms with Gasteiger partial charge in [-0.2, -0.15) is 18.3 Å². The molecule has 0 N–H and O–H groups in total. The van der Waals surface area contributed by atoms with Crippen LogP contribution in [0.2, 0.25) is 0 Å². The molecule has 1 heterocycles. The average molecular weight is 323 g/mol. The van der Waals surface area contributed by atoms with Crippen LogP contribution in [0.5, 0.6) is 0 Å². The molecular weight excluding hydrogens is 307 g/mol. The first kappa shape index (κ1) is 16.8. The highest BCUT2D eigenvalue weighted by atomic mass is 19.4. The van der Waals surface area contributed by atoms with E-state index in [2.05, 4.69) is 11.7 Å². The SMILES string of the molecule is C=CCN(CC(F)(F)F)C(=O)c1ccc(-n2nccc2C)cc1. The van der Waals surface area contributed by atoms with Gasteiger partial charge in [-0.25, -0.2) is 4.68 Å². The molecule has 0 fully saturated rings. The van der Waals surface area contributed by atoms with Gasteiger partial charge in [0.15, 0.2) is 0 Å². The van der Waals surface area contributed by atoms with Gasteiger partial charge < -0.3 is 4.90 Å². The number of carbonyl (C=O) groups excluding carboxylic acids is 1. The van der Waals surface area contributed by atoms with Gasteiger partial charge in [0, 0.05) is 24.0 Å². The van der Waals surface area contributed by atoms with Crippen molar-refractivity contribution in [3.05, 3.63) is 60.4 Å². The number of rotatable bonds is 5. The molecule has 1 amide bonds. The van der Waals surface area contributed by atoms with Crippen LogP contribution in [-0.4, -0.2) is 39.9 Å². The summed E-state index contributed by atoms with van der Waals surface area (Å²) >= 11 is 0. The van der Waals surface area contributed by atoms with Crippen molar-refractivity contribution in [1.29, 1.82) is 0 Å². The number of hydrogen-bond donors (Lipinski definition) is 0. The molecule has 7 heteroatoms. The molecule has 0 aliphatic heterocycles. The lowest BCUT2D eigenvalue weighted by molar-refractivity contribution is -0.139. The lowest BCUT2D eigenvalue weighted by atomic mass is 10.1. The Bertz CT molecular complexity index is 689. The quantitative estimate of drug-likeness (QED) is 0.791. The molecule has 2 aromatic rings. The number of benzene rings is 1. The van der Waals surface area contributed by atoms with E-state index in [1.165, 1.54) is 18.2 Å². The van der Waals surface area contributed by atoms with Crippen molar-refractivity contribution in [3.8, 4) is 5.69 Å². The number of alkyl halides is 3. The van der Waals surface area contributed by atoms with Crippen molar-refractivity contribution in [2.45, 2.75) is 13.1 Å². The van der Waals surface area contributed by atoms with Crippen molar-refractivity contribution in [2.75, 3.05) is 13.1 Å². The van der Waals surface area contributed by atoms with E-state index in [1.807, 2.05) is 13.0 Å². The van der Waals surface area contributed by atoms with Crippen LogP contribution in [0.4, 0.5) is 13.2 Å². The summed E-state index contributed by atoms with van der Waals surface area (Å²) in [6.07, 6.45) is -1.54. The standard InChI is InChI=1S/C16H16F3N3O/c1-3-10-21(11-16(17,18)19)15(23)13-4-6-14(7-5-13)22-12(2)8-9-20-22/h3-9H,1,10-11H2,2H3. The van der Waals surface area contributed by atoms with Crippen LogP contribution in [0, 0.1) is 6.92 Å². The molecule has 0 saturated carbocycles. The first-order chi connectivity index (χ1) is 10.8. The molecule has 0 spiro atoms. The lowest BCUT2D eigenvalue weighted by Gasteiger charge is -2.22. The molecule has 23 heavy (non-hydrogen) atoms. The Morgan fingerprint density at radius 3 is 2.43 bits per heavy atom. The maximum Gasteiger partial charge on any atom is 0.406 e. The molecule has 0 aliphatic carbocycles. The van der Waals surface area contributed by atoms with Crippen LogP contribution < -0.4 is 0 Å². The van der Waals surface area contributed by atoms with Crippen LogP contribution >= 0.6 is 0 Å². The Morgan fingerprint density at radius 1 is 1.30 bits per heavy atom. The number of halogens is 3. The number of aryl methyl sites for hydroxylation is 1. The molecule has 0 aliphatic rings. The highest BCUT2D eigenvalue weighted by Crippen LogP contribution is 2.19. The fourth-order valence-corrected chi connectivity index (χ4v) is 2.16. The number of nitrogens with zero attached hydrogens (tertiary/aromatic N) is 3. The topological polar surface area (TPSA) is 38.1 Å². The molecule has 0 atom stereocenters. The number of hydrogen-bond acceptors (Lipinski definition) is 2. The predicted molar refractivity (Wildman–Crippen MR) is 80.5 cm³/mol. The Kier molecular flexibility index (Phi) is 4.88. The van der Waals surface area contributed by atoms with E-state index in [-0.39, 0.29) is 12.1 Å². The molecule has 122 valence electrons. The maximum absolute atomic E-state index is 12.6. The van der Waals surface area contributed by atoms with E-state index in [0.29, 0.717) is 4.90 Å². The van der Waals surface area contributed by atoms with Gasteiger partial charge in [0.1, 0.15) is 6.54 Å². The summed E-state index contributed by atoms with van der Waals surface area (Å²) in [6.45, 7) is 3.79. The van der Waals surface area contributed by atoms with Gasteiger partial charge in [-0.15, -0.1) is 6.58 Å². The van der Waals surface area contributed by atoms with E-state index < -0.39 is 18.6 Å². The number of amides is 1. The maximum atomic E-state index is 12.6. The zero-order chi connectivity index (χ0) is 17.0. The Morgan fingerprint density at radius 2 is 1.96 bits per heavy atom. The van der Waals surface area contributed by atoms with Crippen molar-refractivity contribution in [1.82, 2.24) is 14.7 Å². The first-order valence-corrected chi connectivity index (χ1v) is 6.90. The lowest BCUT2D eigenvalue weighted by Crippen LogP contribution is -2.39. The van der Waals surface area contributed by atoms with Crippen LogP contribution in [0.25, 0.3) is 5.69 Å². The van der Waals surface area contributed by atoms with Crippen LogP contribution in [0.3, 0.4) is 0 Å². The first-order valence-electron chi connectivity index (χ1n) is 6.90. The number of carbonyl (C=O) groups is 1. The molecule has 1 aromatic carbocycles. The molecule has 1 aromatic heterocycles. The zero-order valence-corrected chi connectivity index (χ0v) is 12.5. The third-order valence-electron chi connectivity index (χ3n) is 3.20. The van der Waals surface area contributed by atoms with Gasteiger partial charge in [-0.3, -0.25) is 4.79 Å². The third kappa shape index (κ3) is 4.21. The Labute approximate surface area is 131 Å². The van der Waals surface area contributed by atoms with Crippen LogP contribution in [0.15, 0.2) is 49.2 Å². The fourth-order valence-electron chi connectivity index (χ4n) is 2.16. The monoisotopic (exact) mass is 323 g/mol. The van der Waals surface area contributed by atoms with Gasteiger partial charge in [0.25, 0.3) is 5.91 Å². The Hall–Kier alpha value is -2.57. The van der Waals surface area contributed by atoms with Crippen molar-refractivity contribution >= 4 is 5.91 Å². The Balaban J connectivity index is 2.21. The second-order valence-corrected chi connectivity index (χ2v) is 5.02. The molecule has 4 nitrogen and oxygen atoms in total. The highest BCUT2D eigenvalue weighted by molar-refractivity contribution is 5.94. The summed E-state index contributed by atoms with van der Waals surface area (Å²) in [7, 11) is 0. The third-order valence-corrected chi connectivity index (χ3v) is 3.20. The van der Waals surface area contributed by atoms with Gasteiger partial charge in [0.2, 0.25) is 0 Å². The average Bonchev–Trinajstić information content (AvgIpc) is 2.91. The van der Waals surface area contributed by atoms with E-state index >= 15 is 0 Å². The smallest absolute Gasteiger partial charge is 0.326 e. The summed E-state index contributed by atoms with van der Waals surface area (Å²) < 4.78 is 39.4. The molecule has 0 unspecified atom stereocenters. The van der Waals surface area contributed by atoms with Gasteiger partial charge in [-0.05, 0) is 37.3 Å². The van der Waals surface area contributed by atoms with Crippen LogP contribution in [-0.2, 0) is 0 Å². The van der Waals surface area contributed by atoms with E-state index in [9.17, 15) is 18.0 Å². The van der Waals surface area contributed by atoms with Crippen LogP contribution in [0.1, 0.15) is 16.1 Å². The molecular formula is C16H16F3N3O. The summed E-state index contributed by atoms with van der Waals surface area (Å²) in [5.41, 5.74) is 1.83. The van der Waals surface area contributed by atoms with Crippen molar-refractivity contribution < 1.29 is 18.0 Å². The van der Waals surface area contributed by atoms with Gasteiger partial charge in [-0.1, -0.05) is 6.08 Å². The minimum Gasteiger partial charge on any atom is -0.326 e. The van der Waals surface area contributed by atoms with E-state index in [4.69, 9.17) is 0 Å². The largest absolute Gasteiger partial charge is 0.406 e. The normalized spacial score (nSPS) is 11.3. The summed E-state index contributed by atoms with van der Waals surface area (Å²) in [6, 6.07) is 8.10. The van der Waals surface area contributed by atoms with Crippen molar-refractivity contribution in [3.63, 3.8) is 0 Å². The molecule has 2 rings (SSSR count). The molecule has 0 radical (unpaired) electrons. The predicted octanol–water partition coefficient (Wildman–Crippen LogP) is 3.37. The van der Waals surface area contributed by atoms with Gasteiger partial charge in [0.05, 0.1) is 5.69 Å². The minimum absolute atomic E-state index is 0.168. The number of aromatic nitrogens is 2. The molecule has 0 bridgehead atoms. The minimum atomic E-state index is -4.45. The summed E-state index contributed by atoms with van der Waals surface area (Å²) in [5, 5.41) is 4.13. The molecule has 0 saturated heterocycles. The summed E-state index contributed by atoms with van der Waals surface area (Å²) in [5.74, 6) is -0.689. The van der Waals surface area contributed by atoms with E-state index in [0.717, 1.165) is 11.4 Å².